The molecule has 4 nitrogen and oxygen atoms in total. The van der Waals surface area contributed by atoms with E-state index < -0.39 is 38.7 Å². The Bertz CT molecular complexity index is 731. The van der Waals surface area contributed by atoms with E-state index in [1.54, 1.807) is 0 Å². The molecule has 1 aromatic rings. The summed E-state index contributed by atoms with van der Waals surface area (Å²) < 4.78 is 61.4. The molecule has 120 valence electrons. The van der Waals surface area contributed by atoms with Gasteiger partial charge in [0.05, 0.1) is 16.9 Å². The molecule has 1 fully saturated rings. The van der Waals surface area contributed by atoms with Gasteiger partial charge in [-0.25, -0.2) is 8.42 Å². The lowest BCUT2D eigenvalue weighted by atomic mass is 10.0. The topological polar surface area (TPSA) is 68.3 Å². The maximum atomic E-state index is 12.7. The van der Waals surface area contributed by atoms with Crippen LogP contribution < -0.4 is 0 Å². The van der Waals surface area contributed by atoms with Crippen molar-refractivity contribution in [2.24, 2.45) is 5.92 Å². The average molecular weight is 334 g/mol. The third kappa shape index (κ3) is 3.73. The smallest absolute Gasteiger partial charge is 0.299 e. The third-order valence-corrected chi connectivity index (χ3v) is 4.51. The van der Waals surface area contributed by atoms with Crippen LogP contribution in [-0.2, 0) is 20.8 Å². The molecule has 0 spiro atoms. The van der Waals surface area contributed by atoms with Gasteiger partial charge in [0.2, 0.25) is 0 Å². The standard InChI is InChI=1S/C14H13F3O4S/c1-22(20,21)13-6-9(14(15,16)17)4-5-10(13)12(19)7-11(18)8-2-3-8/h4-6,8H,2-3,7H2,1H3. The first kappa shape index (κ1) is 16.7. The summed E-state index contributed by atoms with van der Waals surface area (Å²) in [4.78, 5) is 23.0. The normalized spacial score (nSPS) is 15.6. The first-order chi connectivity index (χ1) is 10.00. The zero-order valence-corrected chi connectivity index (χ0v) is 12.4. The summed E-state index contributed by atoms with van der Waals surface area (Å²) in [5.41, 5.74) is -1.53. The van der Waals surface area contributed by atoms with Crippen molar-refractivity contribution in [3.8, 4) is 0 Å². The Morgan fingerprint density at radius 1 is 1.23 bits per heavy atom. The fraction of sp³-hybridized carbons (Fsp3) is 0.429. The van der Waals surface area contributed by atoms with Gasteiger partial charge in [-0.1, -0.05) is 0 Å². The maximum Gasteiger partial charge on any atom is 0.416 e. The summed E-state index contributed by atoms with van der Waals surface area (Å²) in [6.07, 6.45) is -3.10. The SMILES string of the molecule is CS(=O)(=O)c1cc(C(F)(F)F)ccc1C(=O)CC(=O)C1CC1. The van der Waals surface area contributed by atoms with E-state index in [-0.39, 0.29) is 17.3 Å². The Labute approximate surface area is 125 Å². The Hall–Kier alpha value is -1.70. The van der Waals surface area contributed by atoms with Crippen LogP contribution in [0, 0.1) is 5.92 Å². The number of Topliss-reactive ketones (excluding diaryl/α,β-unsaturated/α-hetero) is 2. The van der Waals surface area contributed by atoms with Crippen molar-refractivity contribution < 1.29 is 31.2 Å². The van der Waals surface area contributed by atoms with Crippen molar-refractivity contribution in [2.75, 3.05) is 6.26 Å². The number of benzene rings is 1. The minimum absolute atomic E-state index is 0.180. The third-order valence-electron chi connectivity index (χ3n) is 3.38. The number of hydrogen-bond donors (Lipinski definition) is 0. The van der Waals surface area contributed by atoms with E-state index in [0.717, 1.165) is 12.3 Å². The van der Waals surface area contributed by atoms with Gasteiger partial charge in [0, 0.05) is 17.7 Å². The van der Waals surface area contributed by atoms with Crippen molar-refractivity contribution in [3.63, 3.8) is 0 Å². The van der Waals surface area contributed by atoms with Crippen LogP contribution in [0.5, 0.6) is 0 Å². The molecule has 0 bridgehead atoms. The number of alkyl halides is 3. The summed E-state index contributed by atoms with van der Waals surface area (Å²) in [6.45, 7) is 0. The minimum atomic E-state index is -4.72. The minimum Gasteiger partial charge on any atom is -0.299 e. The van der Waals surface area contributed by atoms with Gasteiger partial charge in [-0.3, -0.25) is 9.59 Å². The van der Waals surface area contributed by atoms with Crippen molar-refractivity contribution in [1.29, 1.82) is 0 Å². The van der Waals surface area contributed by atoms with Crippen LogP contribution in [0.2, 0.25) is 0 Å². The molecule has 2 rings (SSSR count). The van der Waals surface area contributed by atoms with E-state index in [9.17, 15) is 31.2 Å². The number of rotatable bonds is 5. The highest BCUT2D eigenvalue weighted by Crippen LogP contribution is 2.34. The van der Waals surface area contributed by atoms with Crippen LogP contribution in [0.4, 0.5) is 13.2 Å². The van der Waals surface area contributed by atoms with Gasteiger partial charge in [-0.2, -0.15) is 13.2 Å². The molecule has 0 saturated heterocycles. The predicted molar refractivity (Wildman–Crippen MR) is 71.2 cm³/mol. The predicted octanol–water partition coefficient (Wildman–Crippen LogP) is 2.66. The maximum absolute atomic E-state index is 12.7. The molecule has 8 heteroatoms. The second-order valence-electron chi connectivity index (χ2n) is 5.32. The number of sulfone groups is 1. The molecule has 0 radical (unpaired) electrons. The summed E-state index contributed by atoms with van der Waals surface area (Å²) in [5.74, 6) is -1.25. The Morgan fingerprint density at radius 2 is 1.82 bits per heavy atom. The highest BCUT2D eigenvalue weighted by atomic mass is 32.2. The first-order valence-corrected chi connectivity index (χ1v) is 8.36. The zero-order chi connectivity index (χ0) is 16.7. The molecule has 1 saturated carbocycles. The fourth-order valence-corrected chi connectivity index (χ4v) is 2.96. The zero-order valence-electron chi connectivity index (χ0n) is 11.6. The van der Waals surface area contributed by atoms with Crippen molar-refractivity contribution in [3.05, 3.63) is 29.3 Å². The molecule has 1 aliphatic rings. The first-order valence-electron chi connectivity index (χ1n) is 6.47. The van der Waals surface area contributed by atoms with E-state index in [4.69, 9.17) is 0 Å². The second kappa shape index (κ2) is 5.49. The fourth-order valence-electron chi connectivity index (χ4n) is 2.04. The number of halogens is 3. The number of carbonyl (C=O) groups excluding carboxylic acids is 2. The van der Waals surface area contributed by atoms with Gasteiger partial charge >= 0.3 is 6.18 Å². The van der Waals surface area contributed by atoms with Crippen LogP contribution in [-0.4, -0.2) is 26.2 Å². The monoisotopic (exact) mass is 334 g/mol. The Balaban J connectivity index is 2.42. The van der Waals surface area contributed by atoms with Gasteiger partial charge in [0.1, 0.15) is 5.78 Å². The quantitative estimate of drug-likeness (QED) is 0.613. The van der Waals surface area contributed by atoms with Gasteiger partial charge in [-0.05, 0) is 31.0 Å². The number of hydrogen-bond acceptors (Lipinski definition) is 4. The van der Waals surface area contributed by atoms with Crippen molar-refractivity contribution in [2.45, 2.75) is 30.3 Å². The molecule has 0 unspecified atom stereocenters. The summed E-state index contributed by atoms with van der Waals surface area (Å²) in [7, 11) is -4.03. The molecule has 1 aliphatic carbocycles. The Morgan fingerprint density at radius 3 is 2.27 bits per heavy atom. The largest absolute Gasteiger partial charge is 0.416 e. The summed E-state index contributed by atoms with van der Waals surface area (Å²) in [5, 5.41) is 0. The molecule has 0 aromatic heterocycles. The lowest BCUT2D eigenvalue weighted by molar-refractivity contribution is -0.137. The van der Waals surface area contributed by atoms with Gasteiger partial charge in [0.25, 0.3) is 0 Å². The van der Waals surface area contributed by atoms with E-state index in [1.807, 2.05) is 0 Å². The Kier molecular flexibility index (Phi) is 4.16. The molecule has 0 N–H and O–H groups in total. The molecule has 0 amide bonds. The number of ketones is 2. The van der Waals surface area contributed by atoms with Crippen LogP contribution in [0.15, 0.2) is 23.1 Å². The van der Waals surface area contributed by atoms with Crippen molar-refractivity contribution in [1.82, 2.24) is 0 Å². The van der Waals surface area contributed by atoms with Crippen LogP contribution in [0.1, 0.15) is 35.2 Å². The molecule has 0 atom stereocenters. The van der Waals surface area contributed by atoms with Gasteiger partial charge in [-0.15, -0.1) is 0 Å². The van der Waals surface area contributed by atoms with Crippen molar-refractivity contribution >= 4 is 21.4 Å². The molecule has 1 aromatic carbocycles. The number of carbonyl (C=O) groups is 2. The second-order valence-corrected chi connectivity index (χ2v) is 7.31. The molecular formula is C14H13F3O4S. The van der Waals surface area contributed by atoms with Crippen LogP contribution in [0.3, 0.4) is 0 Å². The molecule has 22 heavy (non-hydrogen) atoms. The average Bonchev–Trinajstić information content (AvgIpc) is 3.19. The lowest BCUT2D eigenvalue weighted by Crippen LogP contribution is -2.15. The van der Waals surface area contributed by atoms with E-state index >= 15 is 0 Å². The molecule has 0 heterocycles. The van der Waals surface area contributed by atoms with Gasteiger partial charge in [0.15, 0.2) is 15.6 Å². The van der Waals surface area contributed by atoms with Crippen LogP contribution >= 0.6 is 0 Å². The lowest BCUT2D eigenvalue weighted by Gasteiger charge is -2.11. The highest BCUT2D eigenvalue weighted by molar-refractivity contribution is 7.90. The summed E-state index contributed by atoms with van der Waals surface area (Å²) >= 11 is 0. The highest BCUT2D eigenvalue weighted by Gasteiger charge is 2.34. The molecule has 0 aliphatic heterocycles. The molecular weight excluding hydrogens is 321 g/mol. The van der Waals surface area contributed by atoms with E-state index in [0.29, 0.717) is 25.0 Å². The van der Waals surface area contributed by atoms with E-state index in [2.05, 4.69) is 0 Å². The van der Waals surface area contributed by atoms with Crippen LogP contribution in [0.25, 0.3) is 0 Å². The van der Waals surface area contributed by atoms with E-state index in [1.165, 1.54) is 0 Å². The summed E-state index contributed by atoms with van der Waals surface area (Å²) in [6, 6.07) is 1.90. The van der Waals surface area contributed by atoms with Gasteiger partial charge < -0.3 is 0 Å².